The van der Waals surface area contributed by atoms with Crippen LogP contribution >= 0.6 is 12.2 Å². The van der Waals surface area contributed by atoms with Gasteiger partial charge in [0.1, 0.15) is 0 Å². The van der Waals surface area contributed by atoms with Crippen molar-refractivity contribution in [1.29, 1.82) is 0 Å². The van der Waals surface area contributed by atoms with Crippen LogP contribution in [0.4, 0.5) is 0 Å². The van der Waals surface area contributed by atoms with E-state index in [1.807, 2.05) is 5.16 Å². The molecule has 0 amide bonds. The molecular weight excluding hydrogens is 68.9 g/mol. The average Bonchev–Trinajstić information content (AvgIpc) is 1.37. The summed E-state index contributed by atoms with van der Waals surface area (Å²) in [5.74, 6) is 0. The molecule has 0 aliphatic carbocycles. The van der Waals surface area contributed by atoms with Gasteiger partial charge in [0.2, 0.25) is 0 Å². The summed E-state index contributed by atoms with van der Waals surface area (Å²) in [6.45, 7) is 0. The van der Waals surface area contributed by atoms with Crippen LogP contribution in [0.25, 0.3) is 0 Å². The molecule has 0 spiro atoms. The van der Waals surface area contributed by atoms with Crippen LogP contribution in [0.15, 0.2) is 4.90 Å². The predicted octanol–water partition coefficient (Wildman–Crippen LogP) is 0.173. The first-order valence-corrected chi connectivity index (χ1v) is 1.09. The molecule has 0 heterocycles. The molecule has 0 aromatic carbocycles. The quantitative estimate of drug-likeness (QED) is 0.224. The van der Waals surface area contributed by atoms with Crippen LogP contribution in [0.1, 0.15) is 0 Å². The summed E-state index contributed by atoms with van der Waals surface area (Å²) in [5.41, 5.74) is 0. The number of hydrogen-bond donors (Lipinski definition) is 0. The number of rotatable bonds is 0. The second-order valence-corrected chi connectivity index (χ2v) is 0.403. The highest BCUT2D eigenvalue weighted by molar-refractivity contribution is 7.78. The van der Waals surface area contributed by atoms with Crippen molar-refractivity contribution < 1.29 is 0 Å². The normalized spacial score (nSPS) is 4.00. The Morgan fingerprint density at radius 2 is 2.25 bits per heavy atom. The monoisotopic (exact) mass is 69.0 g/mol. The van der Waals surface area contributed by atoms with Gasteiger partial charge in [0.05, 0.1) is 0 Å². The second kappa shape index (κ2) is 2.86. The highest BCUT2D eigenvalue weighted by Crippen LogP contribution is 1.33. The molecule has 0 aliphatic heterocycles. The lowest BCUT2D eigenvalue weighted by molar-refractivity contribution is 1.99. The van der Waals surface area contributed by atoms with Crippen molar-refractivity contribution in [1.82, 2.24) is 0 Å². The van der Waals surface area contributed by atoms with Crippen molar-refractivity contribution in [2.24, 2.45) is 4.90 Å². The van der Waals surface area contributed by atoms with Crippen molar-refractivity contribution in [3.63, 3.8) is 0 Å². The zero-order valence-corrected chi connectivity index (χ0v) is 2.75. The van der Waals surface area contributed by atoms with E-state index < -0.39 is 0 Å². The molecule has 2 radical (unpaired) electrons. The van der Waals surface area contributed by atoms with Gasteiger partial charge in [-0.1, -0.05) is 0 Å². The molecule has 1 nitrogen and oxygen atoms in total. The van der Waals surface area contributed by atoms with E-state index in [9.17, 15) is 0 Å². The minimum absolute atomic E-state index is 1.92. The lowest BCUT2D eigenvalue weighted by atomic mass is 10.5. The topological polar surface area (TPSA) is 12.4 Å². The van der Waals surface area contributed by atoms with Crippen LogP contribution in [-0.4, -0.2) is 13.1 Å². The molecule has 0 aromatic heterocycles. The maximum Gasteiger partial charge on any atom is 0.275 e. The molecule has 0 aromatic rings. The molecule has 0 bridgehead atoms. The van der Waals surface area contributed by atoms with E-state index in [2.05, 4.69) is 25.1 Å². The van der Waals surface area contributed by atoms with Crippen molar-refractivity contribution >= 4 is 25.4 Å². The summed E-state index contributed by atoms with van der Waals surface area (Å²) in [5, 5.41) is 1.92. The van der Waals surface area contributed by atoms with Gasteiger partial charge < -0.3 is 4.90 Å². The fraction of sp³-hybridized carbons (Fsp3) is 0. The predicted molar refractivity (Wildman–Crippen MR) is 20.8 cm³/mol. The Kier molecular flexibility index (Phi) is 2.77. The Bertz CT molecular complexity index is 46.0. The molecule has 0 aliphatic rings. The zero-order chi connectivity index (χ0) is 3.41. The molecular formula is CBNS. The van der Waals surface area contributed by atoms with Crippen molar-refractivity contribution in [2.45, 2.75) is 0 Å². The minimum atomic E-state index is 1.92. The first-order chi connectivity index (χ1) is 1.91. The molecule has 0 saturated heterocycles. The number of thiocarbonyl (C=S) groups is 1. The first-order valence-electron chi connectivity index (χ1n) is 0.686. The zero-order valence-electron chi connectivity index (χ0n) is 1.93. The standard InChI is InChI=1S/CBNS/c2-3-1-4. The van der Waals surface area contributed by atoms with Crippen LogP contribution in [0.5, 0.6) is 0 Å². The van der Waals surface area contributed by atoms with Crippen molar-refractivity contribution in [3.05, 3.63) is 0 Å². The summed E-state index contributed by atoms with van der Waals surface area (Å²) in [6, 6.07) is 0. The molecule has 0 rings (SSSR count). The lowest BCUT2D eigenvalue weighted by Crippen LogP contribution is -1.39. The Labute approximate surface area is 31.2 Å². The third-order valence-electron chi connectivity index (χ3n) is 0.0527. The Morgan fingerprint density at radius 1 is 2.00 bits per heavy atom. The van der Waals surface area contributed by atoms with E-state index in [-0.39, 0.29) is 0 Å². The van der Waals surface area contributed by atoms with E-state index in [1.54, 1.807) is 0 Å². The maximum atomic E-state index is 4.44. The minimum Gasteiger partial charge on any atom is -0.309 e. The van der Waals surface area contributed by atoms with Gasteiger partial charge in [-0.3, -0.25) is 0 Å². The summed E-state index contributed by atoms with van der Waals surface area (Å²) in [7, 11) is 4.44. The Morgan fingerprint density at radius 3 is 2.25 bits per heavy atom. The number of nitrogens with zero attached hydrogens (tertiary/aromatic N) is 1. The van der Waals surface area contributed by atoms with Gasteiger partial charge in [-0.05, 0) is 12.2 Å². The highest BCUT2D eigenvalue weighted by Gasteiger charge is 1.28. The number of isothiocyanates is 1. The van der Waals surface area contributed by atoms with Crippen LogP contribution < -0.4 is 0 Å². The van der Waals surface area contributed by atoms with Gasteiger partial charge in [0, 0.05) is 5.16 Å². The molecule has 4 heavy (non-hydrogen) atoms. The van der Waals surface area contributed by atoms with Crippen LogP contribution in [-0.2, 0) is 0 Å². The molecule has 0 saturated carbocycles. The molecule has 0 atom stereocenters. The van der Waals surface area contributed by atoms with E-state index >= 15 is 0 Å². The fourth-order valence-electron chi connectivity index (χ4n) is 0. The van der Waals surface area contributed by atoms with Gasteiger partial charge in [-0.2, -0.15) is 0 Å². The smallest absolute Gasteiger partial charge is 0.275 e. The van der Waals surface area contributed by atoms with E-state index in [0.29, 0.717) is 0 Å². The second-order valence-electron chi connectivity index (χ2n) is 0.220. The summed E-state index contributed by atoms with van der Waals surface area (Å²) in [4.78, 5) is 2.80. The van der Waals surface area contributed by atoms with Crippen LogP contribution in [0, 0.1) is 0 Å². The third-order valence-corrected chi connectivity index (χ3v) is 0.158. The van der Waals surface area contributed by atoms with E-state index in [1.165, 1.54) is 0 Å². The van der Waals surface area contributed by atoms with Gasteiger partial charge in [-0.25, -0.2) is 0 Å². The first kappa shape index (κ1) is 3.86. The Hall–Kier alpha value is -0.135. The van der Waals surface area contributed by atoms with E-state index in [0.717, 1.165) is 0 Å². The fourth-order valence-corrected chi connectivity index (χ4v) is 0. The molecule has 0 unspecified atom stereocenters. The van der Waals surface area contributed by atoms with Crippen LogP contribution in [0.3, 0.4) is 0 Å². The summed E-state index contributed by atoms with van der Waals surface area (Å²) in [6.07, 6.45) is 0. The van der Waals surface area contributed by atoms with Crippen molar-refractivity contribution in [2.75, 3.05) is 0 Å². The summed E-state index contributed by atoms with van der Waals surface area (Å²) >= 11 is 4.01. The van der Waals surface area contributed by atoms with Gasteiger partial charge in [0.15, 0.2) is 0 Å². The average molecular weight is 68.9 g/mol. The third kappa shape index (κ3) is 1.86. The molecule has 18 valence electrons. The molecule has 3 heteroatoms. The SMILES string of the molecule is [B]N=C=S. The van der Waals surface area contributed by atoms with Crippen molar-refractivity contribution in [3.8, 4) is 0 Å². The molecule has 0 N–H and O–H groups in total. The molecule has 0 fully saturated rings. The highest BCUT2D eigenvalue weighted by atomic mass is 32.1. The van der Waals surface area contributed by atoms with Gasteiger partial charge in [0.25, 0.3) is 7.98 Å². The lowest BCUT2D eigenvalue weighted by Gasteiger charge is -1.38. The van der Waals surface area contributed by atoms with Crippen LogP contribution in [0.2, 0.25) is 0 Å². The van der Waals surface area contributed by atoms with Gasteiger partial charge in [-0.15, -0.1) is 0 Å². The summed E-state index contributed by atoms with van der Waals surface area (Å²) < 4.78 is 0. The van der Waals surface area contributed by atoms with Gasteiger partial charge >= 0.3 is 0 Å². The van der Waals surface area contributed by atoms with E-state index in [4.69, 9.17) is 0 Å². The maximum absolute atomic E-state index is 4.44. The Balaban J connectivity index is 3.11. The number of hydrogen-bond acceptors (Lipinski definition) is 2. The largest absolute Gasteiger partial charge is 0.309 e.